The third-order valence-electron chi connectivity index (χ3n) is 1.30. The molecule has 2 nitrogen and oxygen atoms in total. The molecular formula is C6H14O2S2. The van der Waals surface area contributed by atoms with Gasteiger partial charge in [0.05, 0.1) is 5.75 Å². The van der Waals surface area contributed by atoms with E-state index in [0.29, 0.717) is 11.0 Å². The summed E-state index contributed by atoms with van der Waals surface area (Å²) < 4.78 is 21.3. The Bertz CT molecular complexity index is 172. The Morgan fingerprint density at radius 1 is 1.50 bits per heavy atom. The van der Waals surface area contributed by atoms with Crippen LogP contribution in [0.5, 0.6) is 0 Å². The lowest BCUT2D eigenvalue weighted by molar-refractivity contribution is 0.599. The monoisotopic (exact) mass is 182 g/mol. The fourth-order valence-corrected chi connectivity index (χ4v) is 1.78. The summed E-state index contributed by atoms with van der Waals surface area (Å²) in [5.41, 5.74) is 0. The van der Waals surface area contributed by atoms with Crippen LogP contribution < -0.4 is 0 Å². The number of thioether (sulfide) groups is 1. The fraction of sp³-hybridized carbons (Fsp3) is 1.00. The number of rotatable bonds is 4. The molecule has 0 fully saturated rings. The summed E-state index contributed by atoms with van der Waals surface area (Å²) >= 11 is 1.70. The van der Waals surface area contributed by atoms with Crippen molar-refractivity contribution in [3.05, 3.63) is 0 Å². The van der Waals surface area contributed by atoms with E-state index in [1.54, 1.807) is 11.8 Å². The van der Waals surface area contributed by atoms with E-state index >= 15 is 0 Å². The first kappa shape index (κ1) is 10.3. The van der Waals surface area contributed by atoms with Crippen LogP contribution in [0.3, 0.4) is 0 Å². The molecule has 0 aliphatic rings. The van der Waals surface area contributed by atoms with E-state index < -0.39 is 9.84 Å². The van der Waals surface area contributed by atoms with Crippen LogP contribution in [0.15, 0.2) is 0 Å². The molecule has 0 radical (unpaired) electrons. The van der Waals surface area contributed by atoms with E-state index in [-0.39, 0.29) is 0 Å². The van der Waals surface area contributed by atoms with Crippen molar-refractivity contribution in [3.8, 4) is 0 Å². The molecule has 10 heavy (non-hydrogen) atoms. The van der Waals surface area contributed by atoms with Crippen LogP contribution in [0.4, 0.5) is 0 Å². The minimum Gasteiger partial charge on any atom is -0.229 e. The second-order valence-corrected chi connectivity index (χ2v) is 6.00. The molecule has 0 aliphatic heterocycles. The summed E-state index contributed by atoms with van der Waals surface area (Å²) in [5, 5.41) is 0.453. The average Bonchev–Trinajstić information content (AvgIpc) is 1.81. The van der Waals surface area contributed by atoms with Crippen LogP contribution in [-0.2, 0) is 9.84 Å². The number of hydrogen-bond acceptors (Lipinski definition) is 3. The lowest BCUT2D eigenvalue weighted by Gasteiger charge is -2.04. The molecule has 0 amide bonds. The average molecular weight is 182 g/mol. The van der Waals surface area contributed by atoms with Gasteiger partial charge in [-0.05, 0) is 12.7 Å². The van der Waals surface area contributed by atoms with Gasteiger partial charge in [0.15, 0.2) is 0 Å². The van der Waals surface area contributed by atoms with Gasteiger partial charge in [0.1, 0.15) is 9.84 Å². The summed E-state index contributed by atoms with van der Waals surface area (Å²) in [6.07, 6.45) is 4.03. The van der Waals surface area contributed by atoms with Gasteiger partial charge in [-0.15, -0.1) is 0 Å². The van der Waals surface area contributed by atoms with E-state index in [1.807, 2.05) is 13.2 Å². The zero-order valence-corrected chi connectivity index (χ0v) is 8.26. The van der Waals surface area contributed by atoms with E-state index in [9.17, 15) is 8.42 Å². The maximum Gasteiger partial charge on any atom is 0.147 e. The lowest BCUT2D eigenvalue weighted by atomic mass is 10.4. The van der Waals surface area contributed by atoms with Crippen molar-refractivity contribution in [3.63, 3.8) is 0 Å². The third-order valence-corrected chi connectivity index (χ3v) is 3.32. The fourth-order valence-electron chi connectivity index (χ4n) is 0.498. The number of hydrogen-bond donors (Lipinski definition) is 0. The van der Waals surface area contributed by atoms with Gasteiger partial charge in [0.2, 0.25) is 0 Å². The first-order valence-corrected chi connectivity index (χ1v) is 6.51. The Morgan fingerprint density at radius 2 is 2.00 bits per heavy atom. The molecule has 62 valence electrons. The van der Waals surface area contributed by atoms with Crippen molar-refractivity contribution < 1.29 is 8.42 Å². The van der Waals surface area contributed by atoms with Crippen LogP contribution in [0.1, 0.15) is 13.3 Å². The molecule has 0 aromatic carbocycles. The highest BCUT2D eigenvalue weighted by Gasteiger charge is 2.05. The molecule has 4 heteroatoms. The van der Waals surface area contributed by atoms with E-state index in [1.165, 1.54) is 6.26 Å². The van der Waals surface area contributed by atoms with Gasteiger partial charge in [0.25, 0.3) is 0 Å². The minimum absolute atomic E-state index is 0.314. The SMILES string of the molecule is CSC(C)CCS(C)(=O)=O. The maximum absolute atomic E-state index is 10.6. The molecule has 0 rings (SSSR count). The van der Waals surface area contributed by atoms with Gasteiger partial charge in [-0.3, -0.25) is 0 Å². The Kier molecular flexibility index (Phi) is 4.36. The van der Waals surface area contributed by atoms with Gasteiger partial charge in [0, 0.05) is 11.5 Å². The predicted molar refractivity (Wildman–Crippen MR) is 47.3 cm³/mol. The van der Waals surface area contributed by atoms with E-state index in [0.717, 1.165) is 6.42 Å². The van der Waals surface area contributed by atoms with Crippen molar-refractivity contribution in [2.75, 3.05) is 18.3 Å². The van der Waals surface area contributed by atoms with Crippen molar-refractivity contribution in [2.45, 2.75) is 18.6 Å². The van der Waals surface area contributed by atoms with Crippen molar-refractivity contribution in [1.82, 2.24) is 0 Å². The number of sulfone groups is 1. The first-order chi connectivity index (χ1) is 4.45. The zero-order chi connectivity index (χ0) is 8.20. The summed E-state index contributed by atoms with van der Waals surface area (Å²) in [7, 11) is -2.74. The van der Waals surface area contributed by atoms with Gasteiger partial charge in [-0.2, -0.15) is 11.8 Å². The van der Waals surface area contributed by atoms with E-state index in [2.05, 4.69) is 0 Å². The van der Waals surface area contributed by atoms with Gasteiger partial charge in [-0.25, -0.2) is 8.42 Å². The Morgan fingerprint density at radius 3 is 2.30 bits per heavy atom. The van der Waals surface area contributed by atoms with Crippen molar-refractivity contribution in [2.24, 2.45) is 0 Å². The molecule has 0 aromatic rings. The molecule has 0 bridgehead atoms. The minimum atomic E-state index is -2.74. The van der Waals surface area contributed by atoms with Crippen molar-refractivity contribution >= 4 is 21.6 Å². The highest BCUT2D eigenvalue weighted by Crippen LogP contribution is 2.09. The molecule has 1 atom stereocenters. The summed E-state index contributed by atoms with van der Waals surface area (Å²) in [6.45, 7) is 2.04. The third kappa shape index (κ3) is 6.42. The molecule has 0 heterocycles. The topological polar surface area (TPSA) is 34.1 Å². The lowest BCUT2D eigenvalue weighted by Crippen LogP contribution is -2.08. The smallest absolute Gasteiger partial charge is 0.147 e. The maximum atomic E-state index is 10.6. The molecule has 0 saturated carbocycles. The van der Waals surface area contributed by atoms with E-state index in [4.69, 9.17) is 0 Å². The molecule has 1 unspecified atom stereocenters. The van der Waals surface area contributed by atoms with Gasteiger partial charge < -0.3 is 0 Å². The summed E-state index contributed by atoms with van der Waals surface area (Å²) in [4.78, 5) is 0. The predicted octanol–water partition coefficient (Wildman–Crippen LogP) is 1.17. The van der Waals surface area contributed by atoms with Crippen LogP contribution in [0, 0.1) is 0 Å². The highest BCUT2D eigenvalue weighted by atomic mass is 32.2. The molecule has 0 N–H and O–H groups in total. The van der Waals surface area contributed by atoms with Crippen LogP contribution >= 0.6 is 11.8 Å². The second kappa shape index (κ2) is 4.23. The largest absolute Gasteiger partial charge is 0.229 e. The summed E-state index contributed by atoms with van der Waals surface area (Å²) in [5.74, 6) is 0.314. The molecule has 0 aliphatic carbocycles. The quantitative estimate of drug-likeness (QED) is 0.654. The first-order valence-electron chi connectivity index (χ1n) is 3.16. The normalized spacial score (nSPS) is 15.1. The molecular weight excluding hydrogens is 168 g/mol. The standard InChI is InChI=1S/C6H14O2S2/c1-6(9-2)4-5-10(3,7)8/h6H,4-5H2,1-3H3. The van der Waals surface area contributed by atoms with Gasteiger partial charge in [-0.1, -0.05) is 6.92 Å². The Balaban J connectivity index is 3.56. The van der Waals surface area contributed by atoms with Crippen LogP contribution in [0.25, 0.3) is 0 Å². The van der Waals surface area contributed by atoms with Crippen molar-refractivity contribution in [1.29, 1.82) is 0 Å². The van der Waals surface area contributed by atoms with Crippen LogP contribution in [-0.4, -0.2) is 31.9 Å². The summed E-state index contributed by atoms with van der Waals surface area (Å²) in [6, 6.07) is 0. The van der Waals surface area contributed by atoms with Crippen LogP contribution in [0.2, 0.25) is 0 Å². The molecule has 0 saturated heterocycles. The highest BCUT2D eigenvalue weighted by molar-refractivity contribution is 7.99. The zero-order valence-electron chi connectivity index (χ0n) is 6.62. The second-order valence-electron chi connectivity index (χ2n) is 2.46. The Hall–Kier alpha value is 0.300. The molecule has 0 aromatic heterocycles. The van der Waals surface area contributed by atoms with Gasteiger partial charge >= 0.3 is 0 Å². The molecule has 0 spiro atoms. The Labute approximate surface area is 67.3 Å².